The fourth-order valence-corrected chi connectivity index (χ4v) is 2.16. The first kappa shape index (κ1) is 22.6. The van der Waals surface area contributed by atoms with Gasteiger partial charge in [-0.1, -0.05) is 13.8 Å². The number of nitrogens with two attached hydrogens (primary N) is 1. The summed E-state index contributed by atoms with van der Waals surface area (Å²) in [5.74, 6) is 1.26. The summed E-state index contributed by atoms with van der Waals surface area (Å²) >= 11 is 0. The minimum Gasteiger partial charge on any atom is -0.491 e. The second-order valence-corrected chi connectivity index (χ2v) is 8.04. The Morgan fingerprint density at radius 2 is 1.74 bits per heavy atom. The van der Waals surface area contributed by atoms with E-state index in [2.05, 4.69) is 15.6 Å². The standard InChI is InChI=1S/C20H34N4O3/c1-13(2)17(24-19(25)27-20(5,6)7)12-22-18(21)23-15-8-10-16(11-9-15)26-14(3)4/h8-11,13-14,17H,12H2,1-7H3,(H,24,25)(H3,21,22,23). The van der Waals surface area contributed by atoms with E-state index in [9.17, 15) is 4.79 Å². The van der Waals surface area contributed by atoms with Crippen LogP contribution in [0.25, 0.3) is 0 Å². The Morgan fingerprint density at radius 3 is 2.22 bits per heavy atom. The molecule has 27 heavy (non-hydrogen) atoms. The van der Waals surface area contributed by atoms with Gasteiger partial charge in [0.05, 0.1) is 18.7 Å². The van der Waals surface area contributed by atoms with Gasteiger partial charge < -0.3 is 25.8 Å². The largest absolute Gasteiger partial charge is 0.491 e. The maximum absolute atomic E-state index is 12.0. The Bertz CT molecular complexity index is 619. The van der Waals surface area contributed by atoms with Gasteiger partial charge in [-0.25, -0.2) is 4.79 Å². The van der Waals surface area contributed by atoms with Crippen LogP contribution in [0.5, 0.6) is 5.75 Å². The third kappa shape index (κ3) is 9.72. The predicted octanol–water partition coefficient (Wildman–Crippen LogP) is 3.75. The number of ether oxygens (including phenoxy) is 2. The smallest absolute Gasteiger partial charge is 0.407 e. The summed E-state index contributed by atoms with van der Waals surface area (Å²) in [5.41, 5.74) is 6.24. The molecule has 1 aromatic rings. The number of nitrogens with one attached hydrogen (secondary N) is 2. The van der Waals surface area contributed by atoms with Crippen LogP contribution in [-0.4, -0.2) is 36.3 Å². The number of hydrogen-bond donors (Lipinski definition) is 3. The molecule has 7 nitrogen and oxygen atoms in total. The van der Waals surface area contributed by atoms with Crippen molar-refractivity contribution in [2.45, 2.75) is 66.2 Å². The highest BCUT2D eigenvalue weighted by atomic mass is 16.6. The number of rotatable bonds is 7. The monoisotopic (exact) mass is 378 g/mol. The van der Waals surface area contributed by atoms with Crippen LogP contribution in [0.3, 0.4) is 0 Å². The predicted molar refractivity (Wildman–Crippen MR) is 110 cm³/mol. The molecule has 1 atom stereocenters. The molecule has 1 aromatic carbocycles. The van der Waals surface area contributed by atoms with E-state index in [1.54, 1.807) is 0 Å². The Morgan fingerprint density at radius 1 is 1.15 bits per heavy atom. The van der Waals surface area contributed by atoms with Crippen LogP contribution in [0.15, 0.2) is 29.3 Å². The van der Waals surface area contributed by atoms with Crippen LogP contribution in [0.2, 0.25) is 0 Å². The fraction of sp³-hybridized carbons (Fsp3) is 0.600. The summed E-state index contributed by atoms with van der Waals surface area (Å²) < 4.78 is 10.9. The Balaban J connectivity index is 2.62. The lowest BCUT2D eigenvalue weighted by Crippen LogP contribution is -2.44. The summed E-state index contributed by atoms with van der Waals surface area (Å²) in [5, 5.41) is 5.89. The molecule has 0 aromatic heterocycles. The summed E-state index contributed by atoms with van der Waals surface area (Å²) in [7, 11) is 0. The number of carbonyl (C=O) groups is 1. The number of benzene rings is 1. The molecular weight excluding hydrogens is 344 g/mol. The SMILES string of the molecule is CC(C)Oc1ccc(NC(N)=NCC(NC(=O)OC(C)(C)C)C(C)C)cc1. The third-order valence-corrected chi connectivity index (χ3v) is 3.46. The summed E-state index contributed by atoms with van der Waals surface area (Å²) in [6, 6.07) is 7.31. The van der Waals surface area contributed by atoms with Gasteiger partial charge in [-0.05, 0) is 64.8 Å². The first-order valence-corrected chi connectivity index (χ1v) is 9.29. The highest BCUT2D eigenvalue weighted by Crippen LogP contribution is 2.16. The molecule has 0 saturated heterocycles. The Hall–Kier alpha value is -2.44. The fourth-order valence-electron chi connectivity index (χ4n) is 2.16. The number of amides is 1. The van der Waals surface area contributed by atoms with Gasteiger partial charge in [-0.2, -0.15) is 0 Å². The van der Waals surface area contributed by atoms with E-state index in [1.807, 2.05) is 72.7 Å². The van der Waals surface area contributed by atoms with Gasteiger partial charge in [-0.3, -0.25) is 4.99 Å². The summed E-state index contributed by atoms with van der Waals surface area (Å²) in [6.45, 7) is 13.8. The quantitative estimate of drug-likeness (QED) is 0.496. The maximum atomic E-state index is 12.0. The van der Waals surface area contributed by atoms with Crippen molar-refractivity contribution in [1.82, 2.24) is 5.32 Å². The van der Waals surface area contributed by atoms with Crippen molar-refractivity contribution in [1.29, 1.82) is 0 Å². The van der Waals surface area contributed by atoms with E-state index in [0.29, 0.717) is 6.54 Å². The van der Waals surface area contributed by atoms with Gasteiger partial charge >= 0.3 is 6.09 Å². The highest BCUT2D eigenvalue weighted by Gasteiger charge is 2.21. The molecule has 0 radical (unpaired) electrons. The molecule has 1 unspecified atom stereocenters. The lowest BCUT2D eigenvalue weighted by molar-refractivity contribution is 0.0493. The number of nitrogens with zero attached hydrogens (tertiary/aromatic N) is 1. The average molecular weight is 379 g/mol. The Kier molecular flexibility index (Phi) is 8.40. The van der Waals surface area contributed by atoms with Crippen molar-refractivity contribution in [3.05, 3.63) is 24.3 Å². The molecule has 1 rings (SSSR count). The highest BCUT2D eigenvalue weighted by molar-refractivity contribution is 5.92. The van der Waals surface area contributed by atoms with Crippen LogP contribution >= 0.6 is 0 Å². The number of guanidine groups is 1. The number of hydrogen-bond acceptors (Lipinski definition) is 4. The van der Waals surface area contributed by atoms with E-state index in [4.69, 9.17) is 15.2 Å². The molecule has 7 heteroatoms. The molecule has 0 heterocycles. The topological polar surface area (TPSA) is 98.0 Å². The first-order valence-electron chi connectivity index (χ1n) is 9.29. The lowest BCUT2D eigenvalue weighted by atomic mass is 10.1. The van der Waals surface area contributed by atoms with E-state index >= 15 is 0 Å². The van der Waals surface area contributed by atoms with Crippen molar-refractivity contribution in [3.8, 4) is 5.75 Å². The third-order valence-electron chi connectivity index (χ3n) is 3.46. The molecular formula is C20H34N4O3. The first-order chi connectivity index (χ1) is 12.5. The average Bonchev–Trinajstić information content (AvgIpc) is 2.50. The zero-order chi connectivity index (χ0) is 20.6. The van der Waals surface area contributed by atoms with Crippen molar-refractivity contribution < 1.29 is 14.3 Å². The molecule has 0 aliphatic carbocycles. The van der Waals surface area contributed by atoms with Gasteiger partial charge in [0.25, 0.3) is 0 Å². The van der Waals surface area contributed by atoms with Gasteiger partial charge in [0, 0.05) is 5.69 Å². The number of aliphatic imine (C=N–C) groups is 1. The van der Waals surface area contributed by atoms with Crippen LogP contribution in [0, 0.1) is 5.92 Å². The van der Waals surface area contributed by atoms with E-state index in [1.165, 1.54) is 0 Å². The molecule has 152 valence electrons. The second kappa shape index (κ2) is 10.0. The number of carbonyl (C=O) groups excluding carboxylic acids is 1. The lowest BCUT2D eigenvalue weighted by Gasteiger charge is -2.25. The van der Waals surface area contributed by atoms with Crippen molar-refractivity contribution >= 4 is 17.7 Å². The molecule has 0 aliphatic rings. The van der Waals surface area contributed by atoms with Gasteiger partial charge in [-0.15, -0.1) is 0 Å². The summed E-state index contributed by atoms with van der Waals surface area (Å²) in [6.07, 6.45) is -0.329. The van der Waals surface area contributed by atoms with Gasteiger partial charge in [0.2, 0.25) is 0 Å². The molecule has 0 aliphatic heterocycles. The second-order valence-electron chi connectivity index (χ2n) is 8.04. The van der Waals surface area contributed by atoms with Gasteiger partial charge in [0.15, 0.2) is 5.96 Å². The molecule has 0 saturated carbocycles. The zero-order valence-corrected chi connectivity index (χ0v) is 17.5. The Labute approximate surface area is 162 Å². The molecule has 4 N–H and O–H groups in total. The molecule has 0 bridgehead atoms. The van der Waals surface area contributed by atoms with Crippen molar-refractivity contribution in [2.75, 3.05) is 11.9 Å². The minimum absolute atomic E-state index is 0.126. The minimum atomic E-state index is -0.541. The van der Waals surface area contributed by atoms with E-state index in [-0.39, 0.29) is 24.0 Å². The maximum Gasteiger partial charge on any atom is 0.407 e. The van der Waals surface area contributed by atoms with Crippen molar-refractivity contribution in [2.24, 2.45) is 16.6 Å². The summed E-state index contributed by atoms with van der Waals surface area (Å²) in [4.78, 5) is 16.3. The van der Waals surface area contributed by atoms with Crippen molar-refractivity contribution in [3.63, 3.8) is 0 Å². The van der Waals surface area contributed by atoms with Gasteiger partial charge in [0.1, 0.15) is 11.4 Å². The van der Waals surface area contributed by atoms with E-state index < -0.39 is 11.7 Å². The molecule has 0 spiro atoms. The molecule has 0 fully saturated rings. The number of anilines is 1. The normalized spacial score (nSPS) is 13.4. The van der Waals surface area contributed by atoms with Crippen LogP contribution in [-0.2, 0) is 4.74 Å². The number of alkyl carbamates (subject to hydrolysis) is 1. The zero-order valence-electron chi connectivity index (χ0n) is 17.5. The van der Waals surface area contributed by atoms with Crippen LogP contribution < -0.4 is 21.1 Å². The van der Waals surface area contributed by atoms with Crippen LogP contribution in [0.1, 0.15) is 48.5 Å². The van der Waals surface area contributed by atoms with Crippen LogP contribution in [0.4, 0.5) is 10.5 Å². The van der Waals surface area contributed by atoms with E-state index in [0.717, 1.165) is 11.4 Å². The molecule has 1 amide bonds.